The van der Waals surface area contributed by atoms with E-state index in [0.717, 1.165) is 44.4 Å². The van der Waals surface area contributed by atoms with Gasteiger partial charge in [0.05, 0.1) is 35.0 Å². The molecule has 3 N–H and O–H groups in total. The van der Waals surface area contributed by atoms with Gasteiger partial charge >= 0.3 is 0 Å². The molecule has 2 aromatic carbocycles. The standard InChI is InChI=1S/C34H27FN6O/c1-21-30(25-10-6-7-11-27(35)14-25)19-37-20-32(21)38-22(2)33-29-16-24(12-13-31(29)40-41-33)26-15-28(18-36-17-26)39-34(42)23-8-4-3-5-9-23/h3-20,27,38H,2H2,1H3,(H,39,42)(H,40,41). The summed E-state index contributed by atoms with van der Waals surface area (Å²) < 4.78 is 14.2. The smallest absolute Gasteiger partial charge is 0.255 e. The van der Waals surface area contributed by atoms with E-state index < -0.39 is 6.17 Å². The van der Waals surface area contributed by atoms with Gasteiger partial charge in [0, 0.05) is 34.5 Å². The lowest BCUT2D eigenvalue weighted by Crippen LogP contribution is -2.11. The molecule has 42 heavy (non-hydrogen) atoms. The summed E-state index contributed by atoms with van der Waals surface area (Å²) in [6.07, 6.45) is 14.1. The molecule has 0 spiro atoms. The molecule has 0 saturated heterocycles. The second-order valence-corrected chi connectivity index (χ2v) is 9.89. The van der Waals surface area contributed by atoms with Gasteiger partial charge in [0.1, 0.15) is 11.9 Å². The molecule has 206 valence electrons. The predicted molar refractivity (Wildman–Crippen MR) is 167 cm³/mol. The van der Waals surface area contributed by atoms with Crippen molar-refractivity contribution >= 4 is 39.5 Å². The number of carbonyl (C=O) groups is 1. The van der Waals surface area contributed by atoms with Crippen molar-refractivity contribution in [3.8, 4) is 11.1 Å². The van der Waals surface area contributed by atoms with E-state index in [-0.39, 0.29) is 5.91 Å². The van der Waals surface area contributed by atoms with E-state index in [4.69, 9.17) is 0 Å². The summed E-state index contributed by atoms with van der Waals surface area (Å²) in [5, 5.41) is 14.7. The number of fused-ring (bicyclic) bond motifs is 1. The third-order valence-corrected chi connectivity index (χ3v) is 7.05. The maximum Gasteiger partial charge on any atom is 0.255 e. The number of amides is 1. The number of benzene rings is 2. The number of aromatic amines is 1. The summed E-state index contributed by atoms with van der Waals surface area (Å²) in [4.78, 5) is 21.4. The normalized spacial score (nSPS) is 14.3. The van der Waals surface area contributed by atoms with Gasteiger partial charge in [-0.3, -0.25) is 19.9 Å². The van der Waals surface area contributed by atoms with Gasteiger partial charge in [0.25, 0.3) is 5.91 Å². The highest BCUT2D eigenvalue weighted by atomic mass is 19.1. The van der Waals surface area contributed by atoms with Crippen LogP contribution in [0.1, 0.15) is 27.2 Å². The van der Waals surface area contributed by atoms with E-state index in [1.165, 1.54) is 6.08 Å². The number of pyridine rings is 2. The third kappa shape index (κ3) is 5.51. The van der Waals surface area contributed by atoms with Crippen molar-refractivity contribution in [1.82, 2.24) is 20.2 Å². The molecule has 1 amide bonds. The van der Waals surface area contributed by atoms with Crippen molar-refractivity contribution in [3.05, 3.63) is 139 Å². The Kier molecular flexibility index (Phi) is 7.26. The molecular weight excluding hydrogens is 527 g/mol. The molecule has 1 unspecified atom stereocenters. The monoisotopic (exact) mass is 554 g/mol. The van der Waals surface area contributed by atoms with E-state index in [9.17, 15) is 9.18 Å². The van der Waals surface area contributed by atoms with Gasteiger partial charge in [-0.25, -0.2) is 4.39 Å². The second kappa shape index (κ2) is 11.5. The average Bonchev–Trinajstić information content (AvgIpc) is 3.32. The lowest BCUT2D eigenvalue weighted by atomic mass is 10.00. The van der Waals surface area contributed by atoms with Crippen LogP contribution in [0.4, 0.5) is 15.8 Å². The van der Waals surface area contributed by atoms with Crippen LogP contribution in [0.25, 0.3) is 33.3 Å². The van der Waals surface area contributed by atoms with Crippen molar-refractivity contribution in [1.29, 1.82) is 0 Å². The first-order chi connectivity index (χ1) is 20.5. The Labute approximate surface area is 242 Å². The average molecular weight is 555 g/mol. The van der Waals surface area contributed by atoms with Gasteiger partial charge in [0.2, 0.25) is 0 Å². The molecule has 0 saturated carbocycles. The van der Waals surface area contributed by atoms with Crippen LogP contribution >= 0.6 is 0 Å². The number of anilines is 2. The van der Waals surface area contributed by atoms with Crippen molar-refractivity contribution in [3.63, 3.8) is 0 Å². The number of allylic oxidation sites excluding steroid dienone is 6. The number of aromatic nitrogens is 4. The van der Waals surface area contributed by atoms with E-state index in [0.29, 0.717) is 22.6 Å². The SMILES string of the molecule is C=C(Nc1cncc(C2=CC(F)C=CC=C2)c1C)c1n[nH]c2ccc(-c3cncc(NC(=O)c4ccccc4)c3)cc12. The van der Waals surface area contributed by atoms with Gasteiger partial charge < -0.3 is 10.6 Å². The van der Waals surface area contributed by atoms with Crippen LogP contribution in [0.3, 0.4) is 0 Å². The molecule has 3 aromatic heterocycles. The number of alkyl halides is 1. The van der Waals surface area contributed by atoms with Crippen molar-refractivity contribution in [2.45, 2.75) is 13.1 Å². The largest absolute Gasteiger partial charge is 0.353 e. The Morgan fingerprint density at radius 1 is 0.952 bits per heavy atom. The minimum absolute atomic E-state index is 0.203. The summed E-state index contributed by atoms with van der Waals surface area (Å²) >= 11 is 0. The van der Waals surface area contributed by atoms with Crippen LogP contribution in [0.2, 0.25) is 0 Å². The van der Waals surface area contributed by atoms with Crippen molar-refractivity contribution in [2.75, 3.05) is 10.6 Å². The molecular formula is C34H27FN6O. The molecule has 8 heteroatoms. The summed E-state index contributed by atoms with van der Waals surface area (Å²) in [5.41, 5.74) is 8.24. The molecule has 1 aliphatic carbocycles. The molecule has 6 rings (SSSR count). The van der Waals surface area contributed by atoms with Gasteiger partial charge in [0.15, 0.2) is 0 Å². The first-order valence-electron chi connectivity index (χ1n) is 13.4. The van der Waals surface area contributed by atoms with Crippen LogP contribution in [-0.4, -0.2) is 32.2 Å². The Morgan fingerprint density at radius 2 is 1.79 bits per heavy atom. The molecule has 0 aliphatic heterocycles. The molecule has 7 nitrogen and oxygen atoms in total. The van der Waals surface area contributed by atoms with E-state index >= 15 is 0 Å². The van der Waals surface area contributed by atoms with Gasteiger partial charge in [-0.05, 0) is 66.1 Å². The summed E-state index contributed by atoms with van der Waals surface area (Å²) in [6.45, 7) is 6.21. The highest BCUT2D eigenvalue weighted by molar-refractivity contribution is 6.04. The van der Waals surface area contributed by atoms with Crippen LogP contribution in [-0.2, 0) is 0 Å². The third-order valence-electron chi connectivity index (χ3n) is 7.05. The highest BCUT2D eigenvalue weighted by Crippen LogP contribution is 2.32. The summed E-state index contributed by atoms with van der Waals surface area (Å²) in [6, 6.07) is 16.9. The topological polar surface area (TPSA) is 95.6 Å². The quantitative estimate of drug-likeness (QED) is 0.194. The fourth-order valence-corrected chi connectivity index (χ4v) is 4.84. The van der Waals surface area contributed by atoms with E-state index in [1.54, 1.807) is 49.1 Å². The Bertz CT molecular complexity index is 1900. The zero-order chi connectivity index (χ0) is 29.1. The lowest BCUT2D eigenvalue weighted by Gasteiger charge is -2.14. The highest BCUT2D eigenvalue weighted by Gasteiger charge is 2.15. The Hall–Kier alpha value is -5.63. The molecule has 1 aliphatic rings. The van der Waals surface area contributed by atoms with Crippen LogP contribution in [0.5, 0.6) is 0 Å². The number of hydrogen-bond donors (Lipinski definition) is 3. The van der Waals surface area contributed by atoms with Gasteiger partial charge in [-0.15, -0.1) is 0 Å². The molecule has 1 atom stereocenters. The molecule has 0 radical (unpaired) electrons. The maximum absolute atomic E-state index is 14.2. The zero-order valence-electron chi connectivity index (χ0n) is 22.8. The number of hydrogen-bond acceptors (Lipinski definition) is 5. The van der Waals surface area contributed by atoms with Crippen molar-refractivity contribution < 1.29 is 9.18 Å². The maximum atomic E-state index is 14.2. The number of carbonyl (C=O) groups excluding carboxylic acids is 1. The number of H-pyrrole nitrogens is 1. The van der Waals surface area contributed by atoms with Crippen LogP contribution in [0.15, 0.2) is 116 Å². The minimum Gasteiger partial charge on any atom is -0.353 e. The predicted octanol–water partition coefficient (Wildman–Crippen LogP) is 7.51. The molecule has 0 fully saturated rings. The minimum atomic E-state index is -1.17. The molecule has 3 heterocycles. The summed E-state index contributed by atoms with van der Waals surface area (Å²) in [5.74, 6) is -0.203. The first-order valence-corrected chi connectivity index (χ1v) is 13.4. The fourth-order valence-electron chi connectivity index (χ4n) is 4.84. The van der Waals surface area contributed by atoms with Gasteiger partial charge in [-0.1, -0.05) is 49.1 Å². The first kappa shape index (κ1) is 26.6. The Morgan fingerprint density at radius 3 is 2.64 bits per heavy atom. The Balaban J connectivity index is 1.26. The van der Waals surface area contributed by atoms with Gasteiger partial charge in [-0.2, -0.15) is 5.10 Å². The van der Waals surface area contributed by atoms with Crippen LogP contribution < -0.4 is 10.6 Å². The molecule has 0 bridgehead atoms. The van der Waals surface area contributed by atoms with E-state index in [1.807, 2.05) is 61.5 Å². The number of nitrogens with one attached hydrogen (secondary N) is 3. The summed E-state index contributed by atoms with van der Waals surface area (Å²) in [7, 11) is 0. The number of rotatable bonds is 7. The van der Waals surface area contributed by atoms with Crippen molar-refractivity contribution in [2.24, 2.45) is 0 Å². The lowest BCUT2D eigenvalue weighted by molar-refractivity contribution is 0.102. The van der Waals surface area contributed by atoms with E-state index in [2.05, 4.69) is 37.4 Å². The molecule has 5 aromatic rings. The second-order valence-electron chi connectivity index (χ2n) is 9.89. The number of halogens is 1. The fraction of sp³-hybridized carbons (Fsp3) is 0.0588. The number of nitrogens with zero attached hydrogens (tertiary/aromatic N) is 3. The van der Waals surface area contributed by atoms with Crippen LogP contribution in [0, 0.1) is 6.92 Å². The zero-order valence-corrected chi connectivity index (χ0v) is 22.8.